The number of nitrogens with one attached hydrogen (secondary N) is 1. The highest BCUT2D eigenvalue weighted by Crippen LogP contribution is 2.34. The highest BCUT2D eigenvalue weighted by Gasteiger charge is 2.33. The van der Waals surface area contributed by atoms with Gasteiger partial charge in [0.25, 0.3) is 0 Å². The van der Waals surface area contributed by atoms with E-state index in [0.717, 1.165) is 13.1 Å². The third-order valence-corrected chi connectivity index (χ3v) is 4.10. The molecule has 1 aromatic carbocycles. The van der Waals surface area contributed by atoms with Crippen LogP contribution in [0.25, 0.3) is 0 Å². The molecule has 19 heavy (non-hydrogen) atoms. The molecule has 3 rings (SSSR count). The Hall–Kier alpha value is -0.900. The van der Waals surface area contributed by atoms with Crippen molar-refractivity contribution in [2.75, 3.05) is 19.7 Å². The monoisotopic (exact) mass is 261 g/mol. The van der Waals surface area contributed by atoms with Crippen molar-refractivity contribution in [3.8, 4) is 0 Å². The zero-order valence-corrected chi connectivity index (χ0v) is 11.8. The van der Waals surface area contributed by atoms with Crippen molar-refractivity contribution >= 4 is 0 Å². The lowest BCUT2D eigenvalue weighted by Gasteiger charge is -2.24. The summed E-state index contributed by atoms with van der Waals surface area (Å²) in [6.07, 6.45) is 2.55. The molecule has 0 aliphatic carbocycles. The van der Waals surface area contributed by atoms with Crippen LogP contribution in [0.15, 0.2) is 24.3 Å². The van der Waals surface area contributed by atoms with Crippen molar-refractivity contribution < 1.29 is 9.47 Å². The minimum absolute atomic E-state index is 0.0802. The van der Waals surface area contributed by atoms with Gasteiger partial charge in [-0.2, -0.15) is 0 Å². The molecule has 2 fully saturated rings. The molecular formula is C16H23NO2. The molecule has 1 unspecified atom stereocenters. The number of ether oxygens (including phenoxy) is 2. The SMILES string of the molecule is CC1(C)OCC(c2cccc(C3CCNCC3)c2)O1. The predicted molar refractivity (Wildman–Crippen MR) is 75.1 cm³/mol. The first-order valence-corrected chi connectivity index (χ1v) is 7.26. The number of hydrogen-bond donors (Lipinski definition) is 1. The minimum atomic E-state index is -0.449. The first kappa shape index (κ1) is 13.1. The van der Waals surface area contributed by atoms with Crippen LogP contribution < -0.4 is 5.32 Å². The van der Waals surface area contributed by atoms with Crippen LogP contribution in [0.1, 0.15) is 49.8 Å². The molecule has 2 heterocycles. The molecule has 2 aliphatic rings. The molecule has 2 saturated heterocycles. The summed E-state index contributed by atoms with van der Waals surface area (Å²) in [6.45, 7) is 6.87. The normalized spacial score (nSPS) is 27.6. The van der Waals surface area contributed by atoms with Gasteiger partial charge >= 0.3 is 0 Å². The van der Waals surface area contributed by atoms with Crippen LogP contribution in [0, 0.1) is 0 Å². The number of rotatable bonds is 2. The van der Waals surface area contributed by atoms with E-state index in [9.17, 15) is 0 Å². The van der Waals surface area contributed by atoms with E-state index in [0.29, 0.717) is 12.5 Å². The van der Waals surface area contributed by atoms with E-state index in [1.807, 2.05) is 13.8 Å². The number of hydrogen-bond acceptors (Lipinski definition) is 3. The van der Waals surface area contributed by atoms with Gasteiger partial charge in [0, 0.05) is 0 Å². The maximum atomic E-state index is 5.94. The summed E-state index contributed by atoms with van der Waals surface area (Å²) in [4.78, 5) is 0. The van der Waals surface area contributed by atoms with Crippen LogP contribution in [0.4, 0.5) is 0 Å². The quantitative estimate of drug-likeness (QED) is 0.888. The fourth-order valence-electron chi connectivity index (χ4n) is 3.02. The first-order valence-electron chi connectivity index (χ1n) is 7.26. The molecule has 0 amide bonds. The molecule has 104 valence electrons. The Kier molecular flexibility index (Phi) is 3.61. The van der Waals surface area contributed by atoms with Crippen LogP contribution in [0.2, 0.25) is 0 Å². The fraction of sp³-hybridized carbons (Fsp3) is 0.625. The van der Waals surface area contributed by atoms with E-state index in [4.69, 9.17) is 9.47 Å². The zero-order valence-electron chi connectivity index (χ0n) is 11.8. The van der Waals surface area contributed by atoms with Gasteiger partial charge in [0.15, 0.2) is 5.79 Å². The van der Waals surface area contributed by atoms with Crippen molar-refractivity contribution in [2.45, 2.75) is 44.5 Å². The summed E-state index contributed by atoms with van der Waals surface area (Å²) in [5.41, 5.74) is 2.70. The Morgan fingerprint density at radius 3 is 2.58 bits per heavy atom. The summed E-state index contributed by atoms with van der Waals surface area (Å²) in [6, 6.07) is 8.87. The lowest BCUT2D eigenvalue weighted by Crippen LogP contribution is -2.26. The molecule has 1 atom stereocenters. The van der Waals surface area contributed by atoms with Crippen molar-refractivity contribution in [3.05, 3.63) is 35.4 Å². The third kappa shape index (κ3) is 2.99. The van der Waals surface area contributed by atoms with E-state index in [1.165, 1.54) is 24.0 Å². The topological polar surface area (TPSA) is 30.5 Å². The highest BCUT2D eigenvalue weighted by atomic mass is 16.7. The average molecular weight is 261 g/mol. The van der Waals surface area contributed by atoms with Gasteiger partial charge in [-0.05, 0) is 56.8 Å². The standard InChI is InChI=1S/C16H23NO2/c1-16(2)18-11-15(19-16)14-5-3-4-13(10-14)12-6-8-17-9-7-12/h3-5,10,12,15,17H,6-9,11H2,1-2H3. The Labute approximate surface area is 115 Å². The highest BCUT2D eigenvalue weighted by molar-refractivity contribution is 5.29. The Bertz CT molecular complexity index is 438. The van der Waals surface area contributed by atoms with E-state index >= 15 is 0 Å². The summed E-state index contributed by atoms with van der Waals surface area (Å²) in [5.74, 6) is 0.242. The summed E-state index contributed by atoms with van der Waals surface area (Å²) in [7, 11) is 0. The second-order valence-corrected chi connectivity index (χ2v) is 6.01. The van der Waals surface area contributed by atoms with Gasteiger partial charge in [0.2, 0.25) is 0 Å². The van der Waals surface area contributed by atoms with Crippen LogP contribution in [-0.4, -0.2) is 25.5 Å². The maximum Gasteiger partial charge on any atom is 0.163 e. The van der Waals surface area contributed by atoms with Crippen molar-refractivity contribution in [1.29, 1.82) is 0 Å². The summed E-state index contributed by atoms with van der Waals surface area (Å²) < 4.78 is 11.6. The lowest BCUT2D eigenvalue weighted by atomic mass is 9.89. The van der Waals surface area contributed by atoms with Gasteiger partial charge in [-0.15, -0.1) is 0 Å². The van der Waals surface area contributed by atoms with Crippen molar-refractivity contribution in [3.63, 3.8) is 0 Å². The first-order chi connectivity index (χ1) is 9.14. The third-order valence-electron chi connectivity index (χ3n) is 4.10. The smallest absolute Gasteiger partial charge is 0.163 e. The predicted octanol–water partition coefficient (Wildman–Crippen LogP) is 2.98. The minimum Gasteiger partial charge on any atom is -0.347 e. The van der Waals surface area contributed by atoms with Crippen LogP contribution in [0.3, 0.4) is 0 Å². The molecule has 0 saturated carbocycles. The van der Waals surface area contributed by atoms with Gasteiger partial charge in [0.05, 0.1) is 6.61 Å². The molecule has 3 nitrogen and oxygen atoms in total. The molecule has 3 heteroatoms. The fourth-order valence-corrected chi connectivity index (χ4v) is 3.02. The molecule has 0 bridgehead atoms. The van der Waals surface area contributed by atoms with Gasteiger partial charge in [-0.25, -0.2) is 0 Å². The van der Waals surface area contributed by atoms with Gasteiger partial charge in [-0.3, -0.25) is 0 Å². The van der Waals surface area contributed by atoms with E-state index in [2.05, 4.69) is 29.6 Å². The molecule has 2 aliphatic heterocycles. The average Bonchev–Trinajstić information content (AvgIpc) is 2.80. The van der Waals surface area contributed by atoms with Crippen molar-refractivity contribution in [2.24, 2.45) is 0 Å². The van der Waals surface area contributed by atoms with Crippen LogP contribution in [-0.2, 0) is 9.47 Å². The molecule has 1 N–H and O–H groups in total. The van der Waals surface area contributed by atoms with Crippen molar-refractivity contribution in [1.82, 2.24) is 5.32 Å². The summed E-state index contributed by atoms with van der Waals surface area (Å²) in [5, 5.41) is 3.42. The number of piperidine rings is 1. The van der Waals surface area contributed by atoms with E-state index < -0.39 is 5.79 Å². The van der Waals surface area contributed by atoms with E-state index in [-0.39, 0.29) is 6.10 Å². The second-order valence-electron chi connectivity index (χ2n) is 6.01. The Balaban J connectivity index is 1.76. The molecule has 1 aromatic rings. The lowest BCUT2D eigenvalue weighted by molar-refractivity contribution is -0.139. The van der Waals surface area contributed by atoms with Crippen LogP contribution >= 0.6 is 0 Å². The molecule has 0 spiro atoms. The largest absolute Gasteiger partial charge is 0.347 e. The van der Waals surface area contributed by atoms with Crippen LogP contribution in [0.5, 0.6) is 0 Å². The Morgan fingerprint density at radius 2 is 1.89 bits per heavy atom. The summed E-state index contributed by atoms with van der Waals surface area (Å²) >= 11 is 0. The van der Waals surface area contributed by atoms with E-state index in [1.54, 1.807) is 0 Å². The Morgan fingerprint density at radius 1 is 1.16 bits per heavy atom. The van der Waals surface area contributed by atoms with Gasteiger partial charge in [-0.1, -0.05) is 24.3 Å². The second kappa shape index (κ2) is 5.23. The number of benzene rings is 1. The van der Waals surface area contributed by atoms with Gasteiger partial charge < -0.3 is 14.8 Å². The van der Waals surface area contributed by atoms with Gasteiger partial charge in [0.1, 0.15) is 6.10 Å². The maximum absolute atomic E-state index is 5.94. The zero-order chi connectivity index (χ0) is 13.3. The molecule has 0 aromatic heterocycles. The molecule has 0 radical (unpaired) electrons. The molecular weight excluding hydrogens is 238 g/mol.